The summed E-state index contributed by atoms with van der Waals surface area (Å²) in [4.78, 5) is 13.9. The number of hydrogen-bond donors (Lipinski definition) is 1. The van der Waals surface area contributed by atoms with E-state index in [-0.39, 0.29) is 24.4 Å². The Morgan fingerprint density at radius 2 is 2.15 bits per heavy atom. The standard InChI is InChI=1S/C15H20F2N2O/c1-10(8-18)6-15(20)19(13-4-5-13)9-11-2-3-12(16)7-14(11)17/h2-3,7,10,13H,4-6,8-9,18H2,1H3. The van der Waals surface area contributed by atoms with E-state index in [1.807, 2.05) is 6.92 Å². The van der Waals surface area contributed by atoms with Crippen molar-refractivity contribution >= 4 is 5.91 Å². The summed E-state index contributed by atoms with van der Waals surface area (Å²) in [6.07, 6.45) is 2.27. The van der Waals surface area contributed by atoms with Gasteiger partial charge in [0.15, 0.2) is 0 Å². The third-order valence-electron chi connectivity index (χ3n) is 3.59. The number of amides is 1. The summed E-state index contributed by atoms with van der Waals surface area (Å²) in [5, 5.41) is 0. The Balaban J connectivity index is 2.07. The van der Waals surface area contributed by atoms with E-state index in [2.05, 4.69) is 0 Å². The van der Waals surface area contributed by atoms with Gasteiger partial charge in [-0.2, -0.15) is 0 Å². The van der Waals surface area contributed by atoms with E-state index < -0.39 is 11.6 Å². The molecule has 0 saturated heterocycles. The normalized spacial score (nSPS) is 16.0. The summed E-state index contributed by atoms with van der Waals surface area (Å²) in [6.45, 7) is 2.57. The second kappa shape index (κ2) is 6.31. The predicted molar refractivity (Wildman–Crippen MR) is 72.8 cm³/mol. The van der Waals surface area contributed by atoms with Crippen molar-refractivity contribution in [2.45, 2.75) is 38.8 Å². The lowest BCUT2D eigenvalue weighted by molar-refractivity contribution is -0.133. The Labute approximate surface area is 117 Å². The van der Waals surface area contributed by atoms with Gasteiger partial charge >= 0.3 is 0 Å². The fraction of sp³-hybridized carbons (Fsp3) is 0.533. The van der Waals surface area contributed by atoms with E-state index in [1.165, 1.54) is 12.1 Å². The molecule has 1 amide bonds. The van der Waals surface area contributed by atoms with E-state index in [0.717, 1.165) is 18.9 Å². The fourth-order valence-corrected chi connectivity index (χ4v) is 2.14. The van der Waals surface area contributed by atoms with Gasteiger partial charge in [-0.25, -0.2) is 8.78 Å². The van der Waals surface area contributed by atoms with Crippen LogP contribution in [0.25, 0.3) is 0 Å². The molecular formula is C15H20F2N2O. The summed E-state index contributed by atoms with van der Waals surface area (Å²) in [7, 11) is 0. The molecule has 5 heteroatoms. The molecule has 0 aliphatic heterocycles. The molecule has 1 atom stereocenters. The number of hydrogen-bond acceptors (Lipinski definition) is 2. The van der Waals surface area contributed by atoms with Crippen LogP contribution in [0.2, 0.25) is 0 Å². The predicted octanol–water partition coefficient (Wildman–Crippen LogP) is 2.44. The molecule has 1 saturated carbocycles. The second-order valence-electron chi connectivity index (χ2n) is 5.53. The first-order valence-electron chi connectivity index (χ1n) is 6.94. The largest absolute Gasteiger partial charge is 0.335 e. The summed E-state index contributed by atoms with van der Waals surface area (Å²) < 4.78 is 26.6. The number of halogens is 2. The first kappa shape index (κ1) is 14.9. The molecule has 20 heavy (non-hydrogen) atoms. The first-order valence-corrected chi connectivity index (χ1v) is 6.94. The number of rotatable bonds is 6. The lowest BCUT2D eigenvalue weighted by atomic mass is 10.1. The zero-order valence-corrected chi connectivity index (χ0v) is 11.6. The topological polar surface area (TPSA) is 46.3 Å². The van der Waals surface area contributed by atoms with Crippen molar-refractivity contribution in [1.82, 2.24) is 4.90 Å². The van der Waals surface area contributed by atoms with Gasteiger partial charge in [0.2, 0.25) is 5.91 Å². The van der Waals surface area contributed by atoms with Crippen molar-refractivity contribution in [3.8, 4) is 0 Å². The van der Waals surface area contributed by atoms with Gasteiger partial charge in [0, 0.05) is 30.6 Å². The zero-order valence-electron chi connectivity index (χ0n) is 11.6. The highest BCUT2D eigenvalue weighted by molar-refractivity contribution is 5.77. The summed E-state index contributed by atoms with van der Waals surface area (Å²) in [5.41, 5.74) is 5.89. The van der Waals surface area contributed by atoms with Gasteiger partial charge in [0.05, 0.1) is 0 Å². The molecular weight excluding hydrogens is 262 g/mol. The lowest BCUT2D eigenvalue weighted by Crippen LogP contribution is -2.34. The minimum absolute atomic E-state index is 0.00539. The minimum atomic E-state index is -0.604. The van der Waals surface area contributed by atoms with E-state index in [4.69, 9.17) is 5.73 Å². The zero-order chi connectivity index (χ0) is 14.7. The van der Waals surface area contributed by atoms with Crippen molar-refractivity contribution in [1.29, 1.82) is 0 Å². The molecule has 1 aliphatic rings. The maximum atomic E-state index is 13.7. The fourth-order valence-electron chi connectivity index (χ4n) is 2.14. The highest BCUT2D eigenvalue weighted by Gasteiger charge is 2.33. The summed E-state index contributed by atoms with van der Waals surface area (Å²) >= 11 is 0. The van der Waals surface area contributed by atoms with Crippen LogP contribution in [0.5, 0.6) is 0 Å². The van der Waals surface area contributed by atoms with Crippen LogP contribution in [-0.2, 0) is 11.3 Å². The van der Waals surface area contributed by atoms with Gasteiger partial charge < -0.3 is 10.6 Å². The highest BCUT2D eigenvalue weighted by Crippen LogP contribution is 2.30. The first-order chi connectivity index (χ1) is 9.51. The SMILES string of the molecule is CC(CN)CC(=O)N(Cc1ccc(F)cc1F)C1CC1. The summed E-state index contributed by atoms with van der Waals surface area (Å²) in [5.74, 6) is -1.10. The number of carbonyl (C=O) groups is 1. The van der Waals surface area contributed by atoms with Gasteiger partial charge in [0.25, 0.3) is 0 Å². The maximum Gasteiger partial charge on any atom is 0.223 e. The molecule has 0 radical (unpaired) electrons. The molecule has 3 nitrogen and oxygen atoms in total. The molecule has 2 N–H and O–H groups in total. The van der Waals surface area contributed by atoms with E-state index in [1.54, 1.807) is 4.90 Å². The average molecular weight is 282 g/mol. The third kappa shape index (κ3) is 3.76. The quantitative estimate of drug-likeness (QED) is 0.871. The molecule has 110 valence electrons. The Morgan fingerprint density at radius 3 is 2.70 bits per heavy atom. The lowest BCUT2D eigenvalue weighted by Gasteiger charge is -2.24. The van der Waals surface area contributed by atoms with E-state index in [0.29, 0.717) is 18.5 Å². The van der Waals surface area contributed by atoms with E-state index in [9.17, 15) is 13.6 Å². The van der Waals surface area contributed by atoms with Crippen molar-refractivity contribution in [3.05, 3.63) is 35.4 Å². The third-order valence-corrected chi connectivity index (χ3v) is 3.59. The van der Waals surface area contributed by atoms with Crippen LogP contribution in [0.15, 0.2) is 18.2 Å². The van der Waals surface area contributed by atoms with Crippen molar-refractivity contribution in [2.75, 3.05) is 6.54 Å². The van der Waals surface area contributed by atoms with E-state index >= 15 is 0 Å². The molecule has 0 heterocycles. The Morgan fingerprint density at radius 1 is 1.45 bits per heavy atom. The molecule has 1 aliphatic carbocycles. The van der Waals surface area contributed by atoms with Crippen LogP contribution in [0.4, 0.5) is 8.78 Å². The van der Waals surface area contributed by atoms with Gasteiger partial charge in [-0.05, 0) is 31.4 Å². The van der Waals surface area contributed by atoms with Gasteiger partial charge in [-0.15, -0.1) is 0 Å². The smallest absolute Gasteiger partial charge is 0.223 e. The Bertz CT molecular complexity index is 489. The molecule has 0 spiro atoms. The van der Waals surface area contributed by atoms with Gasteiger partial charge in [-0.1, -0.05) is 13.0 Å². The van der Waals surface area contributed by atoms with Crippen LogP contribution >= 0.6 is 0 Å². The number of benzene rings is 1. The molecule has 0 bridgehead atoms. The van der Waals surface area contributed by atoms with Crippen molar-refractivity contribution in [2.24, 2.45) is 11.7 Å². The molecule has 2 rings (SSSR count). The monoisotopic (exact) mass is 282 g/mol. The van der Waals surface area contributed by atoms with Gasteiger partial charge in [0.1, 0.15) is 11.6 Å². The summed E-state index contributed by atoms with van der Waals surface area (Å²) in [6, 6.07) is 3.67. The maximum absolute atomic E-state index is 13.7. The number of carbonyl (C=O) groups excluding carboxylic acids is 1. The number of nitrogens with zero attached hydrogens (tertiary/aromatic N) is 1. The average Bonchev–Trinajstić information content (AvgIpc) is 3.21. The van der Waals surface area contributed by atoms with Crippen LogP contribution in [0.3, 0.4) is 0 Å². The molecule has 1 unspecified atom stereocenters. The van der Waals surface area contributed by atoms with Crippen LogP contribution in [-0.4, -0.2) is 23.4 Å². The molecule has 0 aromatic heterocycles. The van der Waals surface area contributed by atoms with Crippen molar-refractivity contribution < 1.29 is 13.6 Å². The Hall–Kier alpha value is -1.49. The molecule has 1 aromatic carbocycles. The molecule has 1 aromatic rings. The van der Waals surface area contributed by atoms with Crippen LogP contribution < -0.4 is 5.73 Å². The molecule has 1 fully saturated rings. The second-order valence-corrected chi connectivity index (χ2v) is 5.53. The highest BCUT2D eigenvalue weighted by atomic mass is 19.1. The van der Waals surface area contributed by atoms with Crippen LogP contribution in [0, 0.1) is 17.6 Å². The van der Waals surface area contributed by atoms with Gasteiger partial charge in [-0.3, -0.25) is 4.79 Å². The Kier molecular flexibility index (Phi) is 4.70. The van der Waals surface area contributed by atoms with Crippen LogP contribution in [0.1, 0.15) is 31.7 Å². The number of nitrogens with two attached hydrogens (primary N) is 1. The van der Waals surface area contributed by atoms with Crippen molar-refractivity contribution in [3.63, 3.8) is 0 Å². The minimum Gasteiger partial charge on any atom is -0.335 e.